The first-order valence-electron chi connectivity index (χ1n) is 10.6. The van der Waals surface area contributed by atoms with E-state index in [1.807, 2.05) is 26.0 Å². The topological polar surface area (TPSA) is 85.2 Å². The monoisotopic (exact) mass is 444 g/mol. The second-order valence-electron chi connectivity index (χ2n) is 8.00. The third-order valence-electron chi connectivity index (χ3n) is 5.29. The molecule has 2 N–H and O–H groups in total. The minimum absolute atomic E-state index is 0.00682. The second kappa shape index (κ2) is 10.6. The average molecular weight is 444 g/mol. The molecule has 2 atom stereocenters. The smallest absolute Gasteiger partial charge is 0.309 e. The molecule has 1 fully saturated rings. The molecule has 1 heterocycles. The largest absolute Gasteiger partial charge is 0.492 e. The maximum absolute atomic E-state index is 13.6. The molecular weight excluding hydrogens is 415 g/mol. The van der Waals surface area contributed by atoms with E-state index in [0.29, 0.717) is 23.5 Å². The second-order valence-corrected chi connectivity index (χ2v) is 8.00. The Bertz CT molecular complexity index is 967. The number of aliphatic hydroxyl groups excluding tert-OH is 2. The fourth-order valence-electron chi connectivity index (χ4n) is 3.83. The van der Waals surface area contributed by atoms with Crippen LogP contribution in [0.2, 0.25) is 0 Å². The third kappa shape index (κ3) is 5.47. The standard InChI is InChI=1S/C25H29FO6/c1-15(2)21-14-22(31-11-10-27)25(30-3)24(16-4-6-17(26)7-5-16)20(21)9-8-19-12-18(28)13-23(29)32-19/h4-9,14-15,18-19,27-28H,10-13H2,1-3H3/b9-8+/t18-,19-/m0/s1. The molecule has 2 aromatic rings. The summed E-state index contributed by atoms with van der Waals surface area (Å²) in [4.78, 5) is 11.7. The summed E-state index contributed by atoms with van der Waals surface area (Å²) in [5.41, 5.74) is 3.18. The molecule has 1 saturated heterocycles. The van der Waals surface area contributed by atoms with Gasteiger partial charge in [-0.2, -0.15) is 0 Å². The van der Waals surface area contributed by atoms with Crippen molar-refractivity contribution in [1.29, 1.82) is 0 Å². The van der Waals surface area contributed by atoms with Crippen LogP contribution >= 0.6 is 0 Å². The fourth-order valence-corrected chi connectivity index (χ4v) is 3.83. The highest BCUT2D eigenvalue weighted by atomic mass is 19.1. The molecule has 0 aliphatic carbocycles. The van der Waals surface area contributed by atoms with E-state index in [0.717, 1.165) is 16.7 Å². The zero-order valence-electron chi connectivity index (χ0n) is 18.5. The maximum Gasteiger partial charge on any atom is 0.309 e. The molecule has 6 nitrogen and oxygen atoms in total. The average Bonchev–Trinajstić information content (AvgIpc) is 2.75. The Hall–Kier alpha value is -2.90. The van der Waals surface area contributed by atoms with Crippen LogP contribution < -0.4 is 9.47 Å². The number of halogens is 1. The number of cyclic esters (lactones) is 1. The molecule has 0 spiro atoms. The first-order valence-corrected chi connectivity index (χ1v) is 10.6. The van der Waals surface area contributed by atoms with Crippen LogP contribution in [0.3, 0.4) is 0 Å². The summed E-state index contributed by atoms with van der Waals surface area (Å²) >= 11 is 0. The van der Waals surface area contributed by atoms with Gasteiger partial charge >= 0.3 is 5.97 Å². The van der Waals surface area contributed by atoms with Gasteiger partial charge in [0.2, 0.25) is 0 Å². The van der Waals surface area contributed by atoms with Gasteiger partial charge in [-0.05, 0) is 46.9 Å². The van der Waals surface area contributed by atoms with Gasteiger partial charge in [0.1, 0.15) is 18.5 Å². The van der Waals surface area contributed by atoms with E-state index in [4.69, 9.17) is 14.2 Å². The lowest BCUT2D eigenvalue weighted by molar-refractivity contribution is -0.156. The summed E-state index contributed by atoms with van der Waals surface area (Å²) in [5, 5.41) is 19.2. The highest BCUT2D eigenvalue weighted by Crippen LogP contribution is 2.45. The first kappa shape index (κ1) is 23.8. The Morgan fingerprint density at radius 2 is 2.00 bits per heavy atom. The van der Waals surface area contributed by atoms with E-state index < -0.39 is 18.2 Å². The molecule has 1 aliphatic rings. The van der Waals surface area contributed by atoms with Crippen LogP contribution in [0.4, 0.5) is 4.39 Å². The number of hydrogen-bond donors (Lipinski definition) is 2. The number of aliphatic hydroxyl groups is 2. The number of ether oxygens (including phenoxy) is 3. The molecule has 32 heavy (non-hydrogen) atoms. The number of esters is 1. The predicted molar refractivity (Wildman–Crippen MR) is 119 cm³/mol. The van der Waals surface area contributed by atoms with Crippen molar-refractivity contribution in [2.45, 2.75) is 44.8 Å². The van der Waals surface area contributed by atoms with Crippen LogP contribution in [0.5, 0.6) is 11.5 Å². The summed E-state index contributed by atoms with van der Waals surface area (Å²) in [6.07, 6.45) is 2.62. The quantitative estimate of drug-likeness (QED) is 0.597. The first-order chi connectivity index (χ1) is 15.3. The summed E-state index contributed by atoms with van der Waals surface area (Å²) < 4.78 is 30.4. The number of methoxy groups -OCH3 is 1. The van der Waals surface area contributed by atoms with Gasteiger partial charge in [-0.25, -0.2) is 4.39 Å². The number of benzene rings is 2. The molecule has 3 rings (SSSR count). The lowest BCUT2D eigenvalue weighted by atomic mass is 9.88. The van der Waals surface area contributed by atoms with Crippen LogP contribution in [0.1, 0.15) is 43.7 Å². The van der Waals surface area contributed by atoms with E-state index in [1.54, 1.807) is 18.2 Å². The normalized spacial score (nSPS) is 18.8. The van der Waals surface area contributed by atoms with Crippen molar-refractivity contribution in [3.05, 3.63) is 53.4 Å². The van der Waals surface area contributed by atoms with Crippen molar-refractivity contribution >= 4 is 12.0 Å². The number of rotatable bonds is 8. The van der Waals surface area contributed by atoms with Gasteiger partial charge in [-0.3, -0.25) is 4.79 Å². The van der Waals surface area contributed by atoms with Gasteiger partial charge in [0, 0.05) is 12.0 Å². The minimum atomic E-state index is -0.740. The van der Waals surface area contributed by atoms with Gasteiger partial charge in [0.15, 0.2) is 11.5 Å². The van der Waals surface area contributed by atoms with E-state index in [1.165, 1.54) is 19.2 Å². The molecule has 172 valence electrons. The van der Waals surface area contributed by atoms with Crippen molar-refractivity contribution < 1.29 is 33.6 Å². The highest BCUT2D eigenvalue weighted by molar-refractivity contribution is 5.85. The number of hydrogen-bond acceptors (Lipinski definition) is 6. The maximum atomic E-state index is 13.6. The lowest BCUT2D eigenvalue weighted by Crippen LogP contribution is -2.31. The van der Waals surface area contributed by atoms with E-state index in [9.17, 15) is 19.4 Å². The number of carbonyl (C=O) groups is 1. The van der Waals surface area contributed by atoms with Gasteiger partial charge in [0.25, 0.3) is 0 Å². The molecule has 0 saturated carbocycles. The summed E-state index contributed by atoms with van der Waals surface area (Å²) in [5.74, 6) is 0.225. The van der Waals surface area contributed by atoms with Crippen LogP contribution in [-0.4, -0.2) is 48.7 Å². The third-order valence-corrected chi connectivity index (χ3v) is 5.29. The van der Waals surface area contributed by atoms with Crippen molar-refractivity contribution in [3.63, 3.8) is 0 Å². The molecule has 7 heteroatoms. The predicted octanol–water partition coefficient (Wildman–Crippen LogP) is 4.08. The van der Waals surface area contributed by atoms with Crippen molar-refractivity contribution in [3.8, 4) is 22.6 Å². The molecule has 0 bridgehead atoms. The molecular formula is C25H29FO6. The molecule has 0 unspecified atom stereocenters. The lowest BCUT2D eigenvalue weighted by Gasteiger charge is -2.25. The van der Waals surface area contributed by atoms with Crippen molar-refractivity contribution in [2.24, 2.45) is 0 Å². The zero-order chi connectivity index (χ0) is 23.3. The Balaban J connectivity index is 2.19. The molecule has 1 aliphatic heterocycles. The number of carbonyl (C=O) groups excluding carboxylic acids is 1. The van der Waals surface area contributed by atoms with E-state index in [-0.39, 0.29) is 31.4 Å². The van der Waals surface area contributed by atoms with Gasteiger partial charge in [-0.1, -0.05) is 32.1 Å². The van der Waals surface area contributed by atoms with Crippen LogP contribution in [0.15, 0.2) is 36.4 Å². The summed E-state index contributed by atoms with van der Waals surface area (Å²) in [6.45, 7) is 4.02. The molecule has 0 aromatic heterocycles. The van der Waals surface area contributed by atoms with Crippen LogP contribution in [-0.2, 0) is 9.53 Å². The SMILES string of the molecule is COc1c(OCCO)cc(C(C)C)c(/C=C/[C@H]2C[C@H](O)CC(=O)O2)c1-c1ccc(F)cc1. The fraction of sp³-hybridized carbons (Fsp3) is 0.400. The summed E-state index contributed by atoms with van der Waals surface area (Å²) in [6, 6.07) is 7.94. The Morgan fingerprint density at radius 1 is 1.28 bits per heavy atom. The minimum Gasteiger partial charge on any atom is -0.492 e. The molecule has 0 amide bonds. The van der Waals surface area contributed by atoms with E-state index >= 15 is 0 Å². The van der Waals surface area contributed by atoms with E-state index in [2.05, 4.69) is 0 Å². The Labute approximate surface area is 187 Å². The summed E-state index contributed by atoms with van der Waals surface area (Å²) in [7, 11) is 1.52. The zero-order valence-corrected chi connectivity index (χ0v) is 18.5. The van der Waals surface area contributed by atoms with Gasteiger partial charge < -0.3 is 24.4 Å². The Morgan fingerprint density at radius 3 is 2.59 bits per heavy atom. The van der Waals surface area contributed by atoms with Gasteiger partial charge in [0.05, 0.1) is 26.2 Å². The van der Waals surface area contributed by atoms with Crippen LogP contribution in [0, 0.1) is 5.82 Å². The van der Waals surface area contributed by atoms with Crippen LogP contribution in [0.25, 0.3) is 17.2 Å². The molecule has 2 aromatic carbocycles. The van der Waals surface area contributed by atoms with Gasteiger partial charge in [-0.15, -0.1) is 0 Å². The highest BCUT2D eigenvalue weighted by Gasteiger charge is 2.26. The molecule has 0 radical (unpaired) electrons. The van der Waals surface area contributed by atoms with Crippen molar-refractivity contribution in [1.82, 2.24) is 0 Å². The van der Waals surface area contributed by atoms with Crippen molar-refractivity contribution in [2.75, 3.05) is 20.3 Å². The Kier molecular flexibility index (Phi) is 7.88.